The number of rotatable bonds is 5. The van der Waals surface area contributed by atoms with Crippen LogP contribution in [-0.4, -0.2) is 86.2 Å². The van der Waals surface area contributed by atoms with Crippen LogP contribution in [0.2, 0.25) is 0 Å². The van der Waals surface area contributed by atoms with Crippen molar-refractivity contribution in [3.05, 3.63) is 35.4 Å². The Labute approximate surface area is 181 Å². The molecule has 3 rings (SSSR count). The molecule has 2 heterocycles. The van der Waals surface area contributed by atoms with Gasteiger partial charge in [-0.05, 0) is 12.1 Å². The predicted octanol–water partition coefficient (Wildman–Crippen LogP) is -0.825. The van der Waals surface area contributed by atoms with Gasteiger partial charge in [0.2, 0.25) is 0 Å². The molecule has 0 unspecified atom stereocenters. The van der Waals surface area contributed by atoms with Gasteiger partial charge in [-0.25, -0.2) is 0 Å². The van der Waals surface area contributed by atoms with Gasteiger partial charge in [-0.2, -0.15) is 10.0 Å². The number of benzene rings is 1. The van der Waals surface area contributed by atoms with Gasteiger partial charge in [0.25, 0.3) is 11.8 Å². The summed E-state index contributed by atoms with van der Waals surface area (Å²) >= 11 is 0. The second-order valence-corrected chi connectivity index (χ2v) is 6.88. The SMILES string of the molecule is COC(=O)[C@@H]1[C@H](C(=O)OC)[C@H](C(=O)OC)N(N2C(=O)c3ccccc3C2=O)[C@H]1C(=O)OC. The summed E-state index contributed by atoms with van der Waals surface area (Å²) in [5, 5.41) is 1.30. The van der Waals surface area contributed by atoms with E-state index >= 15 is 0 Å². The molecule has 0 aliphatic carbocycles. The van der Waals surface area contributed by atoms with E-state index in [0.717, 1.165) is 33.4 Å². The fraction of sp³-hybridized carbons (Fsp3) is 0.400. The van der Waals surface area contributed by atoms with E-state index in [0.29, 0.717) is 5.01 Å². The van der Waals surface area contributed by atoms with Gasteiger partial charge < -0.3 is 18.9 Å². The Hall–Kier alpha value is -3.80. The molecule has 0 spiro atoms. The average molecular weight is 448 g/mol. The molecule has 1 aromatic rings. The van der Waals surface area contributed by atoms with Gasteiger partial charge in [-0.15, -0.1) is 0 Å². The average Bonchev–Trinajstić information content (AvgIpc) is 3.29. The monoisotopic (exact) mass is 448 g/mol. The van der Waals surface area contributed by atoms with E-state index in [-0.39, 0.29) is 11.1 Å². The van der Waals surface area contributed by atoms with Crippen molar-refractivity contribution in [2.24, 2.45) is 11.8 Å². The smallest absolute Gasteiger partial charge is 0.325 e. The first-order valence-corrected chi connectivity index (χ1v) is 9.32. The van der Waals surface area contributed by atoms with Crippen molar-refractivity contribution in [1.82, 2.24) is 10.0 Å². The topological polar surface area (TPSA) is 146 Å². The van der Waals surface area contributed by atoms with Crippen molar-refractivity contribution < 1.29 is 47.7 Å². The number of hydrogen-bond acceptors (Lipinski definition) is 11. The van der Waals surface area contributed by atoms with E-state index in [9.17, 15) is 28.8 Å². The Morgan fingerprint density at radius 1 is 0.656 bits per heavy atom. The third-order valence-electron chi connectivity index (χ3n) is 5.47. The predicted molar refractivity (Wildman–Crippen MR) is 101 cm³/mol. The van der Waals surface area contributed by atoms with Crippen molar-refractivity contribution in [2.75, 3.05) is 28.4 Å². The highest BCUT2D eigenvalue weighted by atomic mass is 16.5. The maximum absolute atomic E-state index is 13.1. The maximum atomic E-state index is 13.1. The van der Waals surface area contributed by atoms with Crippen LogP contribution in [0.3, 0.4) is 0 Å². The molecular weight excluding hydrogens is 428 g/mol. The summed E-state index contributed by atoms with van der Waals surface area (Å²) in [6.07, 6.45) is 0. The molecule has 1 aromatic carbocycles. The second-order valence-electron chi connectivity index (χ2n) is 6.88. The van der Waals surface area contributed by atoms with Crippen molar-refractivity contribution in [3.8, 4) is 0 Å². The van der Waals surface area contributed by atoms with Crippen molar-refractivity contribution in [1.29, 1.82) is 0 Å². The standard InChI is InChI=1S/C20H20N2O10/c1-29-17(25)11-12(18(26)30-2)14(20(28)32-4)21(13(11)19(27)31-3)22-15(23)9-7-5-6-8-10(9)16(22)24/h5-8,11-14H,1-4H3/t11-,12+,13-,14-/m1/s1. The van der Waals surface area contributed by atoms with Crippen molar-refractivity contribution in [2.45, 2.75) is 12.1 Å². The summed E-state index contributed by atoms with van der Waals surface area (Å²) in [5.41, 5.74) is 0.0294. The molecule has 12 nitrogen and oxygen atoms in total. The molecule has 2 amide bonds. The molecule has 0 aromatic heterocycles. The van der Waals surface area contributed by atoms with E-state index < -0.39 is 59.6 Å². The molecule has 0 radical (unpaired) electrons. The zero-order chi connectivity index (χ0) is 23.7. The normalized spacial score (nSPS) is 24.7. The summed E-state index contributed by atoms with van der Waals surface area (Å²) < 4.78 is 19.1. The van der Waals surface area contributed by atoms with Gasteiger partial charge in [0, 0.05) is 0 Å². The molecule has 4 atom stereocenters. The summed E-state index contributed by atoms with van der Waals surface area (Å²) in [6.45, 7) is 0. The zero-order valence-electron chi connectivity index (χ0n) is 17.6. The number of ether oxygens (including phenoxy) is 4. The first-order valence-electron chi connectivity index (χ1n) is 9.32. The van der Waals surface area contributed by atoms with Crippen LogP contribution < -0.4 is 0 Å². The lowest BCUT2D eigenvalue weighted by molar-refractivity contribution is -0.163. The van der Waals surface area contributed by atoms with Gasteiger partial charge in [0.05, 0.1) is 39.6 Å². The minimum Gasteiger partial charge on any atom is -0.469 e. The lowest BCUT2D eigenvalue weighted by Gasteiger charge is -2.34. The number of esters is 4. The minimum atomic E-state index is -1.75. The number of carbonyl (C=O) groups is 6. The Morgan fingerprint density at radius 3 is 1.31 bits per heavy atom. The van der Waals surface area contributed by atoms with Crippen LogP contribution in [0.5, 0.6) is 0 Å². The first kappa shape index (κ1) is 22.9. The lowest BCUT2D eigenvalue weighted by atomic mass is 9.86. The molecule has 12 heteroatoms. The fourth-order valence-corrected chi connectivity index (χ4v) is 4.10. The highest BCUT2D eigenvalue weighted by Crippen LogP contribution is 2.42. The van der Waals surface area contributed by atoms with Crippen LogP contribution >= 0.6 is 0 Å². The van der Waals surface area contributed by atoms with E-state index in [4.69, 9.17) is 18.9 Å². The van der Waals surface area contributed by atoms with Crippen LogP contribution in [0.1, 0.15) is 20.7 Å². The summed E-state index contributed by atoms with van der Waals surface area (Å²) in [4.78, 5) is 77.2. The molecule has 2 aliphatic rings. The summed E-state index contributed by atoms with van der Waals surface area (Å²) in [5.74, 6) is -9.28. The van der Waals surface area contributed by atoms with Gasteiger partial charge in [0.1, 0.15) is 23.9 Å². The molecule has 2 aliphatic heterocycles. The van der Waals surface area contributed by atoms with Crippen molar-refractivity contribution in [3.63, 3.8) is 0 Å². The largest absolute Gasteiger partial charge is 0.469 e. The maximum Gasteiger partial charge on any atom is 0.325 e. The third kappa shape index (κ3) is 3.28. The first-order chi connectivity index (χ1) is 15.2. The number of nitrogens with zero attached hydrogens (tertiary/aromatic N) is 2. The van der Waals surface area contributed by atoms with Gasteiger partial charge in [-0.3, -0.25) is 28.8 Å². The molecular formula is C20H20N2O10. The van der Waals surface area contributed by atoms with E-state index in [1.165, 1.54) is 24.3 Å². The number of fused-ring (bicyclic) bond motifs is 1. The Balaban J connectivity index is 2.26. The quantitative estimate of drug-likeness (QED) is 0.316. The van der Waals surface area contributed by atoms with Gasteiger partial charge in [-0.1, -0.05) is 12.1 Å². The summed E-state index contributed by atoms with van der Waals surface area (Å²) in [6, 6.07) is 2.34. The Kier molecular flexibility index (Phi) is 6.25. The van der Waals surface area contributed by atoms with Gasteiger partial charge >= 0.3 is 23.9 Å². The molecule has 32 heavy (non-hydrogen) atoms. The van der Waals surface area contributed by atoms with E-state index in [1.807, 2.05) is 0 Å². The molecule has 0 saturated carbocycles. The van der Waals surface area contributed by atoms with Crippen LogP contribution in [0.25, 0.3) is 0 Å². The Morgan fingerprint density at radius 2 is 1.00 bits per heavy atom. The highest BCUT2D eigenvalue weighted by molar-refractivity contribution is 6.21. The number of imide groups is 1. The molecule has 0 N–H and O–H groups in total. The molecule has 1 fully saturated rings. The van der Waals surface area contributed by atoms with Crippen molar-refractivity contribution >= 4 is 35.7 Å². The lowest BCUT2D eigenvalue weighted by Crippen LogP contribution is -2.58. The van der Waals surface area contributed by atoms with Crippen LogP contribution in [0.15, 0.2) is 24.3 Å². The number of amides is 2. The second kappa shape index (κ2) is 8.75. The number of carbonyl (C=O) groups excluding carboxylic acids is 6. The minimum absolute atomic E-state index is 0.0147. The fourth-order valence-electron chi connectivity index (χ4n) is 4.10. The number of hydrazine groups is 1. The molecule has 1 saturated heterocycles. The van der Waals surface area contributed by atoms with E-state index in [1.54, 1.807) is 0 Å². The number of hydrogen-bond donors (Lipinski definition) is 0. The zero-order valence-corrected chi connectivity index (χ0v) is 17.6. The highest BCUT2D eigenvalue weighted by Gasteiger charge is 2.66. The number of methoxy groups -OCH3 is 4. The Bertz CT molecular complexity index is 929. The van der Waals surface area contributed by atoms with Crippen LogP contribution in [0.4, 0.5) is 0 Å². The van der Waals surface area contributed by atoms with Gasteiger partial charge in [0.15, 0.2) is 0 Å². The molecule has 170 valence electrons. The summed E-state index contributed by atoms with van der Waals surface area (Å²) in [7, 11) is 4.05. The van der Waals surface area contributed by atoms with E-state index in [2.05, 4.69) is 0 Å². The third-order valence-corrected chi connectivity index (χ3v) is 5.47. The van der Waals surface area contributed by atoms with Crippen LogP contribution in [-0.2, 0) is 38.1 Å². The molecule has 0 bridgehead atoms. The van der Waals surface area contributed by atoms with Crippen LogP contribution in [0, 0.1) is 11.8 Å².